The number of hydrogen-bond donors (Lipinski definition) is 0. The number of amides is 1. The smallest absolute Gasteiger partial charge is 0.227 e. The minimum Gasteiger partial charge on any atom is -0.454 e. The Labute approximate surface area is 189 Å². The standard InChI is InChI=1S/C27H27N3O2/c1-19-12-13-23-25(16-19)32-24-11-7-6-10-22(24)27(28-23)29-14-15-30(20(2)18-29)26(31)17-21-8-4-3-5-9-21/h3-13,16,20H,14-15,17-18H2,1-2H3/t20-/m1/s1. The lowest BCUT2D eigenvalue weighted by atomic mass is 10.1. The van der Waals surface area contributed by atoms with Gasteiger partial charge in [-0.25, -0.2) is 4.99 Å². The molecule has 2 aliphatic rings. The molecular formula is C27H27N3O2. The maximum absolute atomic E-state index is 13.0. The SMILES string of the molecule is Cc1ccc2c(c1)Oc1ccccc1C(N1CCN(C(=O)Cc3ccccc3)[C@H](C)C1)=N2. The first-order valence-corrected chi connectivity index (χ1v) is 11.1. The van der Waals surface area contributed by atoms with Crippen LogP contribution in [0.25, 0.3) is 0 Å². The molecule has 0 N–H and O–H groups in total. The second kappa shape index (κ2) is 8.50. The lowest BCUT2D eigenvalue weighted by molar-refractivity contribution is -0.134. The summed E-state index contributed by atoms with van der Waals surface area (Å²) >= 11 is 0. The Morgan fingerprint density at radius 2 is 1.78 bits per heavy atom. The van der Waals surface area contributed by atoms with E-state index in [4.69, 9.17) is 9.73 Å². The van der Waals surface area contributed by atoms with Crippen molar-refractivity contribution in [1.82, 2.24) is 9.80 Å². The van der Waals surface area contributed by atoms with Crippen LogP contribution in [0.15, 0.2) is 77.8 Å². The number of piperazine rings is 1. The van der Waals surface area contributed by atoms with Gasteiger partial charge in [-0.1, -0.05) is 48.5 Å². The Bertz CT molecular complexity index is 1170. The molecule has 2 heterocycles. The van der Waals surface area contributed by atoms with Gasteiger partial charge < -0.3 is 14.5 Å². The van der Waals surface area contributed by atoms with Crippen LogP contribution >= 0.6 is 0 Å². The molecule has 1 saturated heterocycles. The van der Waals surface area contributed by atoms with Crippen LogP contribution in [-0.4, -0.2) is 47.2 Å². The van der Waals surface area contributed by atoms with E-state index in [2.05, 4.69) is 30.9 Å². The first kappa shape index (κ1) is 20.3. The van der Waals surface area contributed by atoms with E-state index in [9.17, 15) is 4.79 Å². The quantitative estimate of drug-likeness (QED) is 0.583. The summed E-state index contributed by atoms with van der Waals surface area (Å²) in [7, 11) is 0. The van der Waals surface area contributed by atoms with Crippen molar-refractivity contribution in [2.24, 2.45) is 4.99 Å². The lowest BCUT2D eigenvalue weighted by Crippen LogP contribution is -2.55. The van der Waals surface area contributed by atoms with Gasteiger partial charge in [-0.05, 0) is 49.2 Å². The van der Waals surface area contributed by atoms with Crippen molar-refractivity contribution in [3.8, 4) is 11.5 Å². The molecule has 0 bridgehead atoms. The summed E-state index contributed by atoms with van der Waals surface area (Å²) in [4.78, 5) is 22.3. The molecule has 5 nitrogen and oxygen atoms in total. The topological polar surface area (TPSA) is 45.1 Å². The highest BCUT2D eigenvalue weighted by Crippen LogP contribution is 2.38. The Hall–Kier alpha value is -3.60. The van der Waals surface area contributed by atoms with Crippen molar-refractivity contribution < 1.29 is 9.53 Å². The van der Waals surface area contributed by atoms with Crippen LogP contribution in [0.1, 0.15) is 23.6 Å². The zero-order valence-electron chi connectivity index (χ0n) is 18.5. The Balaban J connectivity index is 1.40. The van der Waals surface area contributed by atoms with Gasteiger partial charge in [-0.15, -0.1) is 0 Å². The number of rotatable bonds is 2. The van der Waals surface area contributed by atoms with E-state index in [-0.39, 0.29) is 11.9 Å². The number of fused-ring (bicyclic) bond motifs is 2. The number of ether oxygens (including phenoxy) is 1. The number of hydrogen-bond acceptors (Lipinski definition) is 4. The molecule has 3 aromatic carbocycles. The van der Waals surface area contributed by atoms with Crippen LogP contribution in [0.4, 0.5) is 5.69 Å². The Morgan fingerprint density at radius 1 is 1.00 bits per heavy atom. The van der Waals surface area contributed by atoms with Gasteiger partial charge in [0.05, 0.1) is 12.0 Å². The maximum atomic E-state index is 13.0. The van der Waals surface area contributed by atoms with Crippen molar-refractivity contribution in [3.63, 3.8) is 0 Å². The highest BCUT2D eigenvalue weighted by Gasteiger charge is 2.31. The van der Waals surface area contributed by atoms with Crippen LogP contribution in [0, 0.1) is 6.92 Å². The van der Waals surface area contributed by atoms with Crippen molar-refractivity contribution in [3.05, 3.63) is 89.5 Å². The first-order chi connectivity index (χ1) is 15.6. The van der Waals surface area contributed by atoms with Gasteiger partial charge in [-0.2, -0.15) is 0 Å². The molecule has 5 rings (SSSR count). The molecule has 0 unspecified atom stereocenters. The third-order valence-electron chi connectivity index (χ3n) is 6.14. The van der Waals surface area contributed by atoms with E-state index in [0.29, 0.717) is 13.0 Å². The summed E-state index contributed by atoms with van der Waals surface area (Å²) in [5.41, 5.74) is 4.01. The fraction of sp³-hybridized carbons (Fsp3) is 0.259. The van der Waals surface area contributed by atoms with Crippen LogP contribution in [0.2, 0.25) is 0 Å². The molecule has 0 spiro atoms. The van der Waals surface area contributed by atoms with Crippen molar-refractivity contribution in [2.45, 2.75) is 26.3 Å². The fourth-order valence-corrected chi connectivity index (χ4v) is 4.46. The zero-order valence-corrected chi connectivity index (χ0v) is 18.5. The van der Waals surface area contributed by atoms with Crippen LogP contribution in [0.3, 0.4) is 0 Å². The van der Waals surface area contributed by atoms with Gasteiger partial charge in [0.1, 0.15) is 17.3 Å². The second-order valence-corrected chi connectivity index (χ2v) is 8.55. The van der Waals surface area contributed by atoms with Gasteiger partial charge in [-0.3, -0.25) is 4.79 Å². The van der Waals surface area contributed by atoms with Gasteiger partial charge in [0.15, 0.2) is 5.75 Å². The average molecular weight is 426 g/mol. The van der Waals surface area contributed by atoms with Gasteiger partial charge >= 0.3 is 0 Å². The van der Waals surface area contributed by atoms with Crippen molar-refractivity contribution >= 4 is 17.4 Å². The largest absolute Gasteiger partial charge is 0.454 e. The van der Waals surface area contributed by atoms with Gasteiger partial charge in [0.25, 0.3) is 0 Å². The van der Waals surface area contributed by atoms with E-state index in [1.54, 1.807) is 0 Å². The van der Waals surface area contributed by atoms with E-state index >= 15 is 0 Å². The summed E-state index contributed by atoms with van der Waals surface area (Å²) < 4.78 is 6.25. The molecule has 162 valence electrons. The molecule has 0 aliphatic carbocycles. The van der Waals surface area contributed by atoms with E-state index in [1.807, 2.05) is 65.6 Å². The monoisotopic (exact) mass is 425 g/mol. The molecule has 3 aromatic rings. The summed E-state index contributed by atoms with van der Waals surface area (Å²) in [6.07, 6.45) is 0.440. The third-order valence-corrected chi connectivity index (χ3v) is 6.14. The average Bonchev–Trinajstić information content (AvgIpc) is 2.96. The number of carbonyl (C=O) groups is 1. The summed E-state index contributed by atoms with van der Waals surface area (Å²) in [5, 5.41) is 0. The summed E-state index contributed by atoms with van der Waals surface area (Å²) in [6, 6.07) is 24.2. The number of carbonyl (C=O) groups excluding carboxylic acids is 1. The summed E-state index contributed by atoms with van der Waals surface area (Å²) in [5.74, 6) is 2.67. The van der Waals surface area contributed by atoms with Crippen molar-refractivity contribution in [1.29, 1.82) is 0 Å². The van der Waals surface area contributed by atoms with Crippen LogP contribution in [-0.2, 0) is 11.2 Å². The number of para-hydroxylation sites is 1. The molecule has 1 fully saturated rings. The number of benzene rings is 3. The number of nitrogens with zero attached hydrogens (tertiary/aromatic N) is 3. The number of aryl methyl sites for hydroxylation is 1. The predicted molar refractivity (Wildman–Crippen MR) is 127 cm³/mol. The second-order valence-electron chi connectivity index (χ2n) is 8.55. The number of aliphatic imine (C=N–C) groups is 1. The summed E-state index contributed by atoms with van der Waals surface area (Å²) in [6.45, 7) is 6.31. The molecule has 5 heteroatoms. The van der Waals surface area contributed by atoms with Gasteiger partial charge in [0.2, 0.25) is 5.91 Å². The van der Waals surface area contributed by atoms with Crippen molar-refractivity contribution in [2.75, 3.05) is 19.6 Å². The Morgan fingerprint density at radius 3 is 2.59 bits per heavy atom. The predicted octanol–water partition coefficient (Wildman–Crippen LogP) is 4.95. The van der Waals surface area contributed by atoms with Gasteiger partial charge in [0, 0.05) is 25.7 Å². The highest BCUT2D eigenvalue weighted by molar-refractivity contribution is 6.04. The van der Waals surface area contributed by atoms with Crippen LogP contribution < -0.4 is 4.74 Å². The minimum atomic E-state index is 0.0940. The maximum Gasteiger partial charge on any atom is 0.227 e. The Kier molecular flexibility index (Phi) is 5.39. The molecule has 2 aliphatic heterocycles. The molecule has 32 heavy (non-hydrogen) atoms. The first-order valence-electron chi connectivity index (χ1n) is 11.1. The fourth-order valence-electron chi connectivity index (χ4n) is 4.46. The molecular weight excluding hydrogens is 398 g/mol. The van der Waals surface area contributed by atoms with Crippen LogP contribution in [0.5, 0.6) is 11.5 Å². The minimum absolute atomic E-state index is 0.0940. The van der Waals surface area contributed by atoms with E-state index < -0.39 is 0 Å². The highest BCUT2D eigenvalue weighted by atomic mass is 16.5. The third kappa shape index (κ3) is 3.98. The zero-order chi connectivity index (χ0) is 22.1. The lowest BCUT2D eigenvalue weighted by Gasteiger charge is -2.41. The van der Waals surface area contributed by atoms with E-state index in [1.165, 1.54) is 0 Å². The number of amidine groups is 1. The normalized spacial score (nSPS) is 17.6. The molecule has 1 amide bonds. The molecule has 0 aromatic heterocycles. The van der Waals surface area contributed by atoms with E-state index in [0.717, 1.165) is 52.8 Å². The molecule has 0 radical (unpaired) electrons. The molecule has 1 atom stereocenters. The molecule has 0 saturated carbocycles.